The van der Waals surface area contributed by atoms with E-state index in [9.17, 15) is 9.59 Å². The van der Waals surface area contributed by atoms with Crippen LogP contribution in [0, 0.1) is 6.92 Å². The van der Waals surface area contributed by atoms with Crippen LogP contribution in [-0.4, -0.2) is 41.8 Å². The van der Waals surface area contributed by atoms with Crippen LogP contribution in [0.2, 0.25) is 0 Å². The van der Waals surface area contributed by atoms with Crippen molar-refractivity contribution < 1.29 is 28.5 Å². The van der Waals surface area contributed by atoms with Gasteiger partial charge in [0.05, 0.1) is 6.10 Å². The van der Waals surface area contributed by atoms with E-state index < -0.39 is 17.7 Å². The molecule has 1 heterocycles. The van der Waals surface area contributed by atoms with Gasteiger partial charge in [-0.3, -0.25) is 4.90 Å². The summed E-state index contributed by atoms with van der Waals surface area (Å²) in [6.07, 6.45) is 1.01. The van der Waals surface area contributed by atoms with Gasteiger partial charge in [0.15, 0.2) is 0 Å². The molecule has 0 N–H and O–H groups in total. The highest BCUT2D eigenvalue weighted by molar-refractivity contribution is 5.97. The normalized spacial score (nSPS) is 16.3. The Morgan fingerprint density at radius 3 is 2.40 bits per heavy atom. The molecule has 7 heteroatoms. The second kappa shape index (κ2) is 11.1. The van der Waals surface area contributed by atoms with Gasteiger partial charge in [0.1, 0.15) is 28.4 Å². The Balaban J connectivity index is 2.14. The van der Waals surface area contributed by atoms with Crippen LogP contribution in [0.4, 0.5) is 4.79 Å². The standard InChI is InChI=1S/C28H37NO6/c1-8-29-16-12-15-22(29)21-17-23(34-27(31)35-28(5,6)7)24(19(4)25(21)32-18(2)3)26(30)33-20-13-10-9-11-14-20/h9-11,13-14,17-18,22H,8,12,15-16H2,1-7H3/t22-/m0/s1. The zero-order chi connectivity index (χ0) is 25.8. The van der Waals surface area contributed by atoms with Gasteiger partial charge in [-0.1, -0.05) is 25.1 Å². The average Bonchev–Trinajstić information content (AvgIpc) is 3.23. The molecule has 0 aromatic heterocycles. The number of carbonyl (C=O) groups is 2. The van der Waals surface area contributed by atoms with E-state index in [1.54, 1.807) is 58.0 Å². The first-order valence-corrected chi connectivity index (χ1v) is 12.3. The molecule has 0 saturated carbocycles. The van der Waals surface area contributed by atoms with Crippen LogP contribution >= 0.6 is 0 Å². The van der Waals surface area contributed by atoms with Crippen molar-refractivity contribution in [2.24, 2.45) is 0 Å². The Morgan fingerprint density at radius 2 is 1.80 bits per heavy atom. The van der Waals surface area contributed by atoms with E-state index in [0.717, 1.165) is 31.5 Å². The molecule has 0 unspecified atom stereocenters. The van der Waals surface area contributed by atoms with Crippen molar-refractivity contribution in [2.75, 3.05) is 13.1 Å². The van der Waals surface area contributed by atoms with E-state index >= 15 is 0 Å². The first kappa shape index (κ1) is 26.5. The highest BCUT2D eigenvalue weighted by atomic mass is 16.7. The molecule has 0 radical (unpaired) electrons. The van der Waals surface area contributed by atoms with E-state index in [0.29, 0.717) is 17.1 Å². The number of rotatable bonds is 7. The third kappa shape index (κ3) is 6.75. The van der Waals surface area contributed by atoms with Crippen molar-refractivity contribution in [1.82, 2.24) is 4.90 Å². The topological polar surface area (TPSA) is 74.3 Å². The van der Waals surface area contributed by atoms with Crippen LogP contribution in [0.5, 0.6) is 17.2 Å². The average molecular weight is 484 g/mol. The molecule has 1 aliphatic heterocycles. The van der Waals surface area contributed by atoms with Gasteiger partial charge in [-0.05, 0) is 85.7 Å². The maximum atomic E-state index is 13.4. The minimum Gasteiger partial charge on any atom is -0.490 e. The van der Waals surface area contributed by atoms with Crippen LogP contribution in [0.1, 0.15) is 81.9 Å². The van der Waals surface area contributed by atoms with Gasteiger partial charge < -0.3 is 18.9 Å². The Labute approximate surface area is 208 Å². The number of carbonyl (C=O) groups excluding carboxylic acids is 2. The molecular formula is C28H37NO6. The van der Waals surface area contributed by atoms with Gasteiger partial charge in [0.25, 0.3) is 0 Å². The summed E-state index contributed by atoms with van der Waals surface area (Å²) in [6, 6.07) is 10.6. The fourth-order valence-corrected chi connectivity index (χ4v) is 4.33. The molecule has 1 fully saturated rings. The van der Waals surface area contributed by atoms with Crippen LogP contribution in [0.25, 0.3) is 0 Å². The summed E-state index contributed by atoms with van der Waals surface area (Å²) in [5, 5.41) is 0. The molecule has 2 aromatic carbocycles. The second-order valence-electron chi connectivity index (χ2n) is 10.0. The number of nitrogens with zero attached hydrogens (tertiary/aromatic N) is 1. The number of para-hydroxylation sites is 1. The Morgan fingerprint density at radius 1 is 1.11 bits per heavy atom. The Kier molecular flexibility index (Phi) is 8.43. The quantitative estimate of drug-likeness (QED) is 0.254. The van der Waals surface area contributed by atoms with E-state index in [1.807, 2.05) is 19.9 Å². The lowest BCUT2D eigenvalue weighted by Gasteiger charge is -2.28. The first-order chi connectivity index (χ1) is 16.5. The van der Waals surface area contributed by atoms with Crippen LogP contribution < -0.4 is 14.2 Å². The van der Waals surface area contributed by atoms with Crippen molar-refractivity contribution in [2.45, 2.75) is 79.1 Å². The summed E-state index contributed by atoms with van der Waals surface area (Å²) in [6.45, 7) is 14.9. The molecule has 190 valence electrons. The molecule has 0 amide bonds. The molecule has 3 rings (SSSR count). The third-order valence-electron chi connectivity index (χ3n) is 5.73. The van der Waals surface area contributed by atoms with Crippen molar-refractivity contribution in [3.63, 3.8) is 0 Å². The molecule has 35 heavy (non-hydrogen) atoms. The molecule has 0 bridgehead atoms. The molecule has 1 saturated heterocycles. The van der Waals surface area contributed by atoms with Gasteiger partial charge in [-0.15, -0.1) is 0 Å². The molecule has 0 aliphatic carbocycles. The fourth-order valence-electron chi connectivity index (χ4n) is 4.33. The van der Waals surface area contributed by atoms with Crippen molar-refractivity contribution >= 4 is 12.1 Å². The highest BCUT2D eigenvalue weighted by Crippen LogP contribution is 2.43. The monoisotopic (exact) mass is 483 g/mol. The van der Waals surface area contributed by atoms with Crippen molar-refractivity contribution in [3.8, 4) is 17.2 Å². The van der Waals surface area contributed by atoms with Gasteiger partial charge >= 0.3 is 12.1 Å². The molecule has 2 aromatic rings. The minimum absolute atomic E-state index is 0.0904. The summed E-state index contributed by atoms with van der Waals surface area (Å²) < 4.78 is 22.9. The third-order valence-corrected chi connectivity index (χ3v) is 5.73. The van der Waals surface area contributed by atoms with Gasteiger partial charge in [0, 0.05) is 17.2 Å². The number of benzene rings is 2. The number of hydrogen-bond donors (Lipinski definition) is 0. The molecule has 0 spiro atoms. The van der Waals surface area contributed by atoms with Crippen LogP contribution in [-0.2, 0) is 4.74 Å². The lowest BCUT2D eigenvalue weighted by Crippen LogP contribution is -2.27. The van der Waals surface area contributed by atoms with Crippen molar-refractivity contribution in [1.29, 1.82) is 0 Å². The highest BCUT2D eigenvalue weighted by Gasteiger charge is 2.33. The van der Waals surface area contributed by atoms with Crippen LogP contribution in [0.3, 0.4) is 0 Å². The van der Waals surface area contributed by atoms with E-state index in [-0.39, 0.29) is 23.5 Å². The van der Waals surface area contributed by atoms with Gasteiger partial charge in [-0.2, -0.15) is 0 Å². The number of likely N-dealkylation sites (tertiary alicyclic amines) is 1. The SMILES string of the molecule is CCN1CCC[C@H]1c1cc(OC(=O)OC(C)(C)C)c(C(=O)Oc2ccccc2)c(C)c1OC(C)C. The summed E-state index contributed by atoms with van der Waals surface area (Å²) in [5.74, 6) is 0.489. The lowest BCUT2D eigenvalue weighted by molar-refractivity contribution is 0.0203. The molecule has 1 atom stereocenters. The van der Waals surface area contributed by atoms with Gasteiger partial charge in [-0.25, -0.2) is 9.59 Å². The molecule has 1 aliphatic rings. The van der Waals surface area contributed by atoms with E-state index in [4.69, 9.17) is 18.9 Å². The Hall–Kier alpha value is -3.06. The summed E-state index contributed by atoms with van der Waals surface area (Å²) in [7, 11) is 0. The minimum atomic E-state index is -0.882. The molecule has 7 nitrogen and oxygen atoms in total. The van der Waals surface area contributed by atoms with Crippen LogP contribution in [0.15, 0.2) is 36.4 Å². The predicted molar refractivity (Wildman–Crippen MR) is 134 cm³/mol. The summed E-state index contributed by atoms with van der Waals surface area (Å²) in [4.78, 5) is 28.4. The Bertz CT molecular complexity index is 1040. The number of ether oxygens (including phenoxy) is 4. The fraction of sp³-hybridized carbons (Fsp3) is 0.500. The number of esters is 1. The van der Waals surface area contributed by atoms with Gasteiger partial charge in [0.2, 0.25) is 0 Å². The zero-order valence-electron chi connectivity index (χ0n) is 21.8. The van der Waals surface area contributed by atoms with E-state index in [2.05, 4.69) is 11.8 Å². The largest absolute Gasteiger partial charge is 0.514 e. The first-order valence-electron chi connectivity index (χ1n) is 12.3. The maximum absolute atomic E-state index is 13.4. The lowest BCUT2D eigenvalue weighted by atomic mass is 9.95. The maximum Gasteiger partial charge on any atom is 0.514 e. The van der Waals surface area contributed by atoms with E-state index in [1.165, 1.54) is 0 Å². The van der Waals surface area contributed by atoms with Crippen molar-refractivity contribution in [3.05, 3.63) is 53.1 Å². The second-order valence-corrected chi connectivity index (χ2v) is 10.0. The summed E-state index contributed by atoms with van der Waals surface area (Å²) >= 11 is 0. The smallest absolute Gasteiger partial charge is 0.490 e. The number of hydrogen-bond acceptors (Lipinski definition) is 7. The summed E-state index contributed by atoms with van der Waals surface area (Å²) in [5.41, 5.74) is 0.856. The molecular weight excluding hydrogens is 446 g/mol. The zero-order valence-corrected chi connectivity index (χ0v) is 21.8. The predicted octanol–water partition coefficient (Wildman–Crippen LogP) is 6.47.